The van der Waals surface area contributed by atoms with E-state index in [1.54, 1.807) is 43.5 Å². The van der Waals surface area contributed by atoms with Gasteiger partial charge in [-0.15, -0.1) is 0 Å². The van der Waals surface area contributed by atoms with Crippen LogP contribution in [0, 0.1) is 12.7 Å². The van der Waals surface area contributed by atoms with E-state index in [2.05, 4.69) is 26.1 Å². The molecule has 0 spiro atoms. The number of imidazole rings is 1. The largest absolute Gasteiger partial charge is 0.449 e. The number of alkyl halides is 3. The molecule has 1 aliphatic rings. The summed E-state index contributed by atoms with van der Waals surface area (Å²) < 4.78 is 53.5. The quantitative estimate of drug-likeness (QED) is 0.216. The number of H-pyrrole nitrogens is 1. The highest BCUT2D eigenvalue weighted by molar-refractivity contribution is 6.08. The summed E-state index contributed by atoms with van der Waals surface area (Å²) in [5.74, 6) is -3.23. The van der Waals surface area contributed by atoms with E-state index in [0.717, 1.165) is 36.2 Å². The maximum Gasteiger partial charge on any atom is 0.449 e. The van der Waals surface area contributed by atoms with Crippen molar-refractivity contribution in [3.05, 3.63) is 94.7 Å². The number of rotatable bonds is 5. The molecule has 1 aromatic heterocycles. The smallest absolute Gasteiger partial charge is 0.330 e. The Hall–Kier alpha value is -5.00. The van der Waals surface area contributed by atoms with E-state index >= 15 is 0 Å². The van der Waals surface area contributed by atoms with Crippen molar-refractivity contribution < 1.29 is 27.2 Å². The average Bonchev–Trinajstić information content (AvgIpc) is 3.25. The molecule has 0 saturated heterocycles. The van der Waals surface area contributed by atoms with E-state index in [0.29, 0.717) is 16.8 Å². The molecule has 0 radical (unpaired) electrons. The Bertz CT molecular complexity index is 1630. The normalized spacial score (nSPS) is 12.7. The summed E-state index contributed by atoms with van der Waals surface area (Å²) in [4.78, 5) is 31.7. The van der Waals surface area contributed by atoms with Gasteiger partial charge in [0.15, 0.2) is 0 Å². The van der Waals surface area contributed by atoms with E-state index in [4.69, 9.17) is 0 Å². The molecule has 0 unspecified atom stereocenters. The van der Waals surface area contributed by atoms with Gasteiger partial charge in [-0.05, 0) is 85.5 Å². The molecule has 12 heteroatoms. The lowest BCUT2D eigenvalue weighted by atomic mass is 10.0. The van der Waals surface area contributed by atoms with Gasteiger partial charge in [0.2, 0.25) is 5.82 Å². The first-order valence-corrected chi connectivity index (χ1v) is 12.2. The number of halogens is 4. The maximum atomic E-state index is 13.4. The van der Waals surface area contributed by atoms with Crippen LogP contribution in [0.25, 0.3) is 11.3 Å². The zero-order valence-corrected chi connectivity index (χ0v) is 21.0. The van der Waals surface area contributed by atoms with Gasteiger partial charge in [-0.3, -0.25) is 15.0 Å². The first kappa shape index (κ1) is 26.6. The molecule has 0 aliphatic carbocycles. The zero-order chi connectivity index (χ0) is 28.4. The number of nitrogens with zero attached hydrogens (tertiary/aromatic N) is 2. The Labute approximate surface area is 225 Å². The molecule has 0 fully saturated rings. The summed E-state index contributed by atoms with van der Waals surface area (Å²) in [7, 11) is 0. The van der Waals surface area contributed by atoms with Gasteiger partial charge >= 0.3 is 6.18 Å². The number of aryl methyl sites for hydroxylation is 2. The number of benzene rings is 3. The maximum absolute atomic E-state index is 13.4. The molecule has 2 amide bonds. The van der Waals surface area contributed by atoms with Crippen molar-refractivity contribution in [1.82, 2.24) is 9.97 Å². The molecule has 4 aromatic rings. The van der Waals surface area contributed by atoms with Crippen LogP contribution in [-0.4, -0.2) is 28.0 Å². The van der Waals surface area contributed by atoms with Crippen LogP contribution in [0.2, 0.25) is 0 Å². The Morgan fingerprint density at radius 2 is 1.73 bits per heavy atom. The number of nitrogens with one attached hydrogen (secondary N) is 4. The number of hydrogen-bond donors (Lipinski definition) is 4. The Morgan fingerprint density at radius 1 is 0.950 bits per heavy atom. The molecule has 5 rings (SSSR count). The Balaban J connectivity index is 1.38. The highest BCUT2D eigenvalue weighted by Gasteiger charge is 2.37. The van der Waals surface area contributed by atoms with Crippen LogP contribution in [0.1, 0.15) is 44.2 Å². The number of amides is 2. The lowest BCUT2D eigenvalue weighted by Gasteiger charge is -2.13. The van der Waals surface area contributed by atoms with Gasteiger partial charge < -0.3 is 15.6 Å². The van der Waals surface area contributed by atoms with Gasteiger partial charge in [-0.25, -0.2) is 9.37 Å². The van der Waals surface area contributed by atoms with Crippen LogP contribution in [0.4, 0.5) is 34.6 Å². The summed E-state index contributed by atoms with van der Waals surface area (Å²) >= 11 is 0. The molecule has 1 aliphatic heterocycles. The van der Waals surface area contributed by atoms with Crippen LogP contribution in [0.5, 0.6) is 0 Å². The number of fused-ring (bicyclic) bond motifs is 1. The molecular weight excluding hydrogens is 528 g/mol. The number of carbonyl (C=O) groups excluding carboxylic acids is 2. The van der Waals surface area contributed by atoms with Crippen LogP contribution in [0.15, 0.2) is 65.8 Å². The van der Waals surface area contributed by atoms with Gasteiger partial charge in [-0.1, -0.05) is 6.07 Å². The van der Waals surface area contributed by atoms with Crippen LogP contribution >= 0.6 is 0 Å². The fourth-order valence-electron chi connectivity index (χ4n) is 4.16. The summed E-state index contributed by atoms with van der Waals surface area (Å²) in [5.41, 5.74) is 5.83. The fraction of sp³-hybridized carbons (Fsp3) is 0.143. The monoisotopic (exact) mass is 550 g/mol. The highest BCUT2D eigenvalue weighted by Crippen LogP contribution is 2.32. The standard InChI is InChI=1S/C28H22F4N6O2/c1-15-4-10-20(14-22(15)35-25(39)18-7-11-21-17(13-18)3-2-12-33-38-21)34-26(40)24-23(16-5-8-19(29)9-6-16)36-27(37-24)28(30,31)32/h4-14,38H,2-3H2,1H3,(H,34,40)(H,35,39)(H,36,37). The molecule has 40 heavy (non-hydrogen) atoms. The summed E-state index contributed by atoms with van der Waals surface area (Å²) in [6.45, 7) is 1.76. The van der Waals surface area contributed by atoms with Gasteiger partial charge in [0.25, 0.3) is 11.8 Å². The molecule has 3 aromatic carbocycles. The predicted molar refractivity (Wildman–Crippen MR) is 143 cm³/mol. The summed E-state index contributed by atoms with van der Waals surface area (Å²) in [6, 6.07) is 14.5. The van der Waals surface area contributed by atoms with E-state index in [-0.39, 0.29) is 22.9 Å². The Morgan fingerprint density at radius 3 is 2.48 bits per heavy atom. The third kappa shape index (κ3) is 5.70. The number of anilines is 3. The van der Waals surface area contributed by atoms with Gasteiger partial charge in [0.1, 0.15) is 17.2 Å². The van der Waals surface area contributed by atoms with Crippen molar-refractivity contribution in [1.29, 1.82) is 0 Å². The van der Waals surface area contributed by atoms with Crippen molar-refractivity contribution in [3.63, 3.8) is 0 Å². The van der Waals surface area contributed by atoms with Crippen molar-refractivity contribution in [2.24, 2.45) is 5.10 Å². The molecule has 0 bridgehead atoms. The SMILES string of the molecule is Cc1ccc(NC(=O)c2[nH]c(C(F)(F)F)nc2-c2ccc(F)cc2)cc1NC(=O)c1ccc2c(c1)CCC=NN2. The highest BCUT2D eigenvalue weighted by atomic mass is 19.4. The molecule has 0 saturated carbocycles. The second-order valence-corrected chi connectivity index (χ2v) is 9.09. The van der Waals surface area contributed by atoms with Crippen molar-refractivity contribution in [2.75, 3.05) is 16.1 Å². The van der Waals surface area contributed by atoms with E-state index in [1.165, 1.54) is 18.2 Å². The van der Waals surface area contributed by atoms with E-state index in [9.17, 15) is 27.2 Å². The molecule has 0 atom stereocenters. The second-order valence-electron chi connectivity index (χ2n) is 9.09. The lowest BCUT2D eigenvalue weighted by molar-refractivity contribution is -0.144. The van der Waals surface area contributed by atoms with E-state index < -0.39 is 29.4 Å². The average molecular weight is 551 g/mol. The minimum atomic E-state index is -4.84. The fourth-order valence-corrected chi connectivity index (χ4v) is 4.16. The van der Waals surface area contributed by atoms with Crippen LogP contribution < -0.4 is 16.1 Å². The van der Waals surface area contributed by atoms with Crippen molar-refractivity contribution in [2.45, 2.75) is 25.9 Å². The van der Waals surface area contributed by atoms with Crippen molar-refractivity contribution >= 4 is 35.1 Å². The molecular formula is C28H22F4N6O2. The summed E-state index contributed by atoms with van der Waals surface area (Å²) in [6.07, 6.45) is -1.63. The first-order valence-electron chi connectivity index (χ1n) is 12.2. The lowest BCUT2D eigenvalue weighted by Crippen LogP contribution is -2.16. The summed E-state index contributed by atoms with van der Waals surface area (Å²) in [5, 5.41) is 9.44. The third-order valence-electron chi connectivity index (χ3n) is 6.25. The first-order chi connectivity index (χ1) is 19.1. The zero-order valence-electron chi connectivity index (χ0n) is 21.0. The van der Waals surface area contributed by atoms with Gasteiger partial charge in [0.05, 0.1) is 5.69 Å². The topological polar surface area (TPSA) is 111 Å². The molecule has 204 valence electrons. The van der Waals surface area contributed by atoms with E-state index in [1.807, 2.05) is 4.98 Å². The molecule has 4 N–H and O–H groups in total. The predicted octanol–water partition coefficient (Wildman–Crippen LogP) is 6.39. The number of carbonyl (C=O) groups is 2. The van der Waals surface area contributed by atoms with Gasteiger partial charge in [-0.2, -0.15) is 18.3 Å². The second kappa shape index (κ2) is 10.6. The number of hydrogen-bond acceptors (Lipinski definition) is 5. The Kier molecular flexibility index (Phi) is 7.07. The minimum absolute atomic E-state index is 0.123. The number of hydrazone groups is 1. The molecule has 8 nitrogen and oxygen atoms in total. The van der Waals surface area contributed by atoms with Crippen LogP contribution in [0.3, 0.4) is 0 Å². The minimum Gasteiger partial charge on any atom is -0.330 e. The van der Waals surface area contributed by atoms with Crippen molar-refractivity contribution in [3.8, 4) is 11.3 Å². The number of aromatic amines is 1. The third-order valence-corrected chi connectivity index (χ3v) is 6.25. The number of aromatic nitrogens is 2. The van der Waals surface area contributed by atoms with Crippen LogP contribution in [-0.2, 0) is 12.6 Å². The van der Waals surface area contributed by atoms with Gasteiger partial charge in [0, 0.05) is 28.7 Å². The molecule has 2 heterocycles.